The Morgan fingerprint density at radius 2 is 0.860 bits per heavy atom. The van der Waals surface area contributed by atoms with Crippen molar-refractivity contribution in [3.63, 3.8) is 0 Å². The molecule has 0 spiro atoms. The Balaban J connectivity index is 0.795. The normalized spacial score (nSPS) is 36.8. The number of benzene rings is 2. The second kappa shape index (κ2) is 10.9. The minimum absolute atomic E-state index is 0.166. The molecular formula is C43H46N6O. The zero-order valence-electron chi connectivity index (χ0n) is 28.9. The van der Waals surface area contributed by atoms with E-state index in [-0.39, 0.29) is 16.6 Å². The number of aromatic nitrogens is 6. The van der Waals surface area contributed by atoms with Crippen molar-refractivity contribution < 1.29 is 4.79 Å². The molecule has 2 aromatic heterocycles. The van der Waals surface area contributed by atoms with Gasteiger partial charge in [-0.25, -0.2) is 9.36 Å². The van der Waals surface area contributed by atoms with Gasteiger partial charge in [0.1, 0.15) is 0 Å². The second-order valence-electron chi connectivity index (χ2n) is 17.8. The van der Waals surface area contributed by atoms with E-state index in [0.717, 1.165) is 82.0 Å². The highest BCUT2D eigenvalue weighted by molar-refractivity contribution is 6.15. The van der Waals surface area contributed by atoms with Crippen molar-refractivity contribution in [1.82, 2.24) is 30.0 Å². The van der Waals surface area contributed by atoms with Crippen molar-refractivity contribution in [3.8, 4) is 11.4 Å². The lowest BCUT2D eigenvalue weighted by Crippen LogP contribution is -2.49. The summed E-state index contributed by atoms with van der Waals surface area (Å²) in [5, 5.41) is 18.0. The smallest absolute Gasteiger partial charge is 0.185 e. The Bertz CT molecular complexity index is 1830. The molecule has 9 fully saturated rings. The molecule has 0 saturated heterocycles. The molecule has 0 aliphatic heterocycles. The van der Waals surface area contributed by atoms with Gasteiger partial charge in [0.2, 0.25) is 0 Å². The first kappa shape index (κ1) is 29.6. The van der Waals surface area contributed by atoms with Gasteiger partial charge in [0.25, 0.3) is 0 Å². The molecular weight excluding hydrogens is 617 g/mol. The van der Waals surface area contributed by atoms with E-state index >= 15 is 0 Å². The second-order valence-corrected chi connectivity index (χ2v) is 17.8. The first-order valence-corrected chi connectivity index (χ1v) is 19.5. The lowest BCUT2D eigenvalue weighted by atomic mass is 9.49. The fourth-order valence-electron chi connectivity index (χ4n) is 13.2. The summed E-state index contributed by atoms with van der Waals surface area (Å²) in [6.45, 7) is 0. The molecule has 2 heterocycles. The van der Waals surface area contributed by atoms with E-state index in [2.05, 4.69) is 90.7 Å². The molecule has 8 bridgehead atoms. The lowest BCUT2D eigenvalue weighted by molar-refractivity contribution is -0.111. The number of carbonyl (C=O) groups excluding carboxylic acids is 1. The van der Waals surface area contributed by atoms with Crippen LogP contribution in [-0.4, -0.2) is 35.8 Å². The fraction of sp³-hybridized carbons (Fsp3) is 0.512. The maximum atomic E-state index is 13.5. The quantitative estimate of drug-likeness (QED) is 0.193. The predicted molar refractivity (Wildman–Crippen MR) is 193 cm³/mol. The van der Waals surface area contributed by atoms with Gasteiger partial charge < -0.3 is 0 Å². The predicted octanol–water partition coefficient (Wildman–Crippen LogP) is 8.61. The Kier molecular flexibility index (Phi) is 6.47. The van der Waals surface area contributed by atoms with Gasteiger partial charge in [-0.1, -0.05) is 34.7 Å². The number of Topliss-reactive ketones (excluding diaryl/α,β-unsaturated/α-hetero) is 1. The first-order valence-electron chi connectivity index (χ1n) is 19.5. The van der Waals surface area contributed by atoms with Crippen LogP contribution in [0.2, 0.25) is 0 Å². The maximum Gasteiger partial charge on any atom is 0.185 e. The molecule has 9 aliphatic rings. The SMILES string of the molecule is O=C1/C(=C\c2ccc(-n3nncc3C34CC5CC(CC(C5)C3)C4)cc2)CC/C1=C\c1ccc(-n2nncc2C23CC4CC(CC(C4)C2)C3)cc1. The van der Waals surface area contributed by atoms with Crippen LogP contribution >= 0.6 is 0 Å². The van der Waals surface area contributed by atoms with Crippen LogP contribution in [-0.2, 0) is 15.6 Å². The molecule has 0 atom stereocenters. The third kappa shape index (κ3) is 4.71. The van der Waals surface area contributed by atoms with Crippen molar-refractivity contribution in [2.45, 2.75) is 101 Å². The van der Waals surface area contributed by atoms with Crippen molar-refractivity contribution in [1.29, 1.82) is 0 Å². The summed E-state index contributed by atoms with van der Waals surface area (Å²) >= 11 is 0. The van der Waals surface area contributed by atoms with E-state index in [4.69, 9.17) is 0 Å². The third-order valence-corrected chi connectivity index (χ3v) is 14.5. The van der Waals surface area contributed by atoms with Gasteiger partial charge in [-0.15, -0.1) is 10.2 Å². The fourth-order valence-corrected chi connectivity index (χ4v) is 13.2. The van der Waals surface area contributed by atoms with Gasteiger partial charge in [-0.2, -0.15) is 0 Å². The zero-order valence-corrected chi connectivity index (χ0v) is 28.9. The van der Waals surface area contributed by atoms with Gasteiger partial charge in [-0.05, 0) is 173 Å². The van der Waals surface area contributed by atoms with Crippen molar-refractivity contribution >= 4 is 17.9 Å². The van der Waals surface area contributed by atoms with Gasteiger partial charge >= 0.3 is 0 Å². The van der Waals surface area contributed by atoms with Crippen molar-refractivity contribution in [3.05, 3.63) is 94.6 Å². The van der Waals surface area contributed by atoms with E-state index in [1.165, 1.54) is 88.4 Å². The molecule has 4 aromatic rings. The highest BCUT2D eigenvalue weighted by Gasteiger charge is 2.54. The summed E-state index contributed by atoms with van der Waals surface area (Å²) in [5.74, 6) is 5.44. The number of hydrogen-bond donors (Lipinski definition) is 0. The Morgan fingerprint density at radius 1 is 0.520 bits per heavy atom. The van der Waals surface area contributed by atoms with Crippen LogP contribution in [0.5, 0.6) is 0 Å². The topological polar surface area (TPSA) is 78.5 Å². The summed E-state index contributed by atoms with van der Waals surface area (Å²) in [7, 11) is 0. The Morgan fingerprint density at radius 3 is 1.20 bits per heavy atom. The summed E-state index contributed by atoms with van der Waals surface area (Å²) in [6.07, 6.45) is 26.1. The molecule has 254 valence electrons. The molecule has 0 amide bonds. The molecule has 0 N–H and O–H groups in total. The number of allylic oxidation sites excluding steroid dienone is 2. The Labute approximate surface area is 294 Å². The van der Waals surface area contributed by atoms with Crippen molar-refractivity contribution in [2.24, 2.45) is 35.5 Å². The van der Waals surface area contributed by atoms with Crippen LogP contribution in [0.15, 0.2) is 72.1 Å². The summed E-state index contributed by atoms with van der Waals surface area (Å²) in [6, 6.07) is 17.1. The molecule has 9 saturated carbocycles. The van der Waals surface area contributed by atoms with Gasteiger partial charge in [0.05, 0.1) is 35.2 Å². The van der Waals surface area contributed by atoms with Gasteiger partial charge in [0, 0.05) is 22.0 Å². The molecule has 0 radical (unpaired) electrons. The number of carbonyl (C=O) groups is 1. The first-order chi connectivity index (χ1) is 24.5. The average molecular weight is 663 g/mol. The molecule has 9 aliphatic carbocycles. The van der Waals surface area contributed by atoms with E-state index in [1.807, 2.05) is 12.4 Å². The van der Waals surface area contributed by atoms with E-state index < -0.39 is 0 Å². The van der Waals surface area contributed by atoms with Gasteiger partial charge in [-0.3, -0.25) is 4.79 Å². The molecule has 7 heteroatoms. The lowest BCUT2D eigenvalue weighted by Gasteiger charge is -2.56. The van der Waals surface area contributed by atoms with Crippen LogP contribution < -0.4 is 0 Å². The number of ketones is 1. The molecule has 13 rings (SSSR count). The maximum absolute atomic E-state index is 13.5. The minimum Gasteiger partial charge on any atom is -0.289 e. The standard InChI is InChI=1S/C43H46N6O/c50-41-35(17-27-1-7-37(8-2-27)48-39(25-44-46-48)42-19-29-11-30(20-42)13-31(12-29)21-42)5-6-36(41)18-28-3-9-38(10-4-28)49-40(26-45-47-49)43-22-32-14-33(23-43)16-34(15-32)24-43/h1-4,7-10,17-18,25-26,29-34H,5-6,11-16,19-24H2/b35-17-,36-18+. The molecule has 7 nitrogen and oxygen atoms in total. The van der Waals surface area contributed by atoms with E-state index in [0.29, 0.717) is 0 Å². The highest BCUT2D eigenvalue weighted by Crippen LogP contribution is 2.62. The molecule has 2 aromatic carbocycles. The van der Waals surface area contributed by atoms with E-state index in [1.54, 1.807) is 0 Å². The van der Waals surface area contributed by atoms with Crippen LogP contribution in [0, 0.1) is 35.5 Å². The zero-order chi connectivity index (χ0) is 33.0. The summed E-state index contributed by atoms with van der Waals surface area (Å²) in [4.78, 5) is 13.5. The average Bonchev–Trinajstić information content (AvgIpc) is 3.87. The number of nitrogens with zero attached hydrogens (tertiary/aromatic N) is 6. The van der Waals surface area contributed by atoms with E-state index in [9.17, 15) is 4.79 Å². The Hall–Kier alpha value is -4.13. The largest absolute Gasteiger partial charge is 0.289 e. The van der Waals surface area contributed by atoms with Crippen molar-refractivity contribution in [2.75, 3.05) is 0 Å². The highest BCUT2D eigenvalue weighted by atomic mass is 16.1. The minimum atomic E-state index is 0.166. The molecule has 0 unspecified atom stereocenters. The molecule has 50 heavy (non-hydrogen) atoms. The van der Waals surface area contributed by atoms with Crippen LogP contribution in [0.25, 0.3) is 23.5 Å². The number of rotatable bonds is 6. The van der Waals surface area contributed by atoms with Crippen LogP contribution in [0.4, 0.5) is 0 Å². The summed E-state index contributed by atoms with van der Waals surface area (Å²) < 4.78 is 4.20. The third-order valence-electron chi connectivity index (χ3n) is 14.5. The summed E-state index contributed by atoms with van der Waals surface area (Å²) in [5.41, 5.74) is 9.11. The monoisotopic (exact) mass is 662 g/mol. The van der Waals surface area contributed by atoms with Crippen LogP contribution in [0.1, 0.15) is 112 Å². The van der Waals surface area contributed by atoms with Crippen LogP contribution in [0.3, 0.4) is 0 Å². The number of hydrogen-bond acceptors (Lipinski definition) is 5. The van der Waals surface area contributed by atoms with Gasteiger partial charge in [0.15, 0.2) is 5.78 Å².